The fourth-order valence-corrected chi connectivity index (χ4v) is 5.82. The molecular formula is C26H28N6O. The van der Waals surface area contributed by atoms with Crippen LogP contribution in [0.4, 0.5) is 5.82 Å². The van der Waals surface area contributed by atoms with Gasteiger partial charge in [0.05, 0.1) is 0 Å². The second-order valence-electron chi connectivity index (χ2n) is 9.46. The van der Waals surface area contributed by atoms with Crippen LogP contribution in [-0.4, -0.2) is 50.2 Å². The Balaban J connectivity index is 1.09. The number of hydrogen-bond acceptors (Lipinski definition) is 4. The van der Waals surface area contributed by atoms with Gasteiger partial charge in [-0.05, 0) is 73.7 Å². The number of hydrogen-bond donors (Lipinski definition) is 2. The maximum absolute atomic E-state index is 12.6. The van der Waals surface area contributed by atoms with E-state index in [-0.39, 0.29) is 5.91 Å². The summed E-state index contributed by atoms with van der Waals surface area (Å²) in [6, 6.07) is 14.7. The number of carbonyl (C=O) groups excluding carboxylic acids is 1. The molecule has 3 atom stereocenters. The van der Waals surface area contributed by atoms with Crippen LogP contribution in [0.25, 0.3) is 16.7 Å². The van der Waals surface area contributed by atoms with Gasteiger partial charge in [-0.15, -0.1) is 10.2 Å². The van der Waals surface area contributed by atoms with E-state index in [0.29, 0.717) is 30.1 Å². The highest BCUT2D eigenvalue weighted by Crippen LogP contribution is 2.45. The first-order valence-electron chi connectivity index (χ1n) is 11.7. The molecule has 7 nitrogen and oxygen atoms in total. The number of aromatic nitrogens is 4. The number of benzene rings is 1. The summed E-state index contributed by atoms with van der Waals surface area (Å²) in [4.78, 5) is 18.6. The van der Waals surface area contributed by atoms with E-state index >= 15 is 0 Å². The summed E-state index contributed by atoms with van der Waals surface area (Å²) in [5.74, 6) is 2.25. The van der Waals surface area contributed by atoms with E-state index in [9.17, 15) is 4.79 Å². The van der Waals surface area contributed by atoms with Crippen LogP contribution in [0.3, 0.4) is 0 Å². The quantitative estimate of drug-likeness (QED) is 0.489. The Morgan fingerprint density at radius 2 is 2.03 bits per heavy atom. The lowest BCUT2D eigenvalue weighted by molar-refractivity contribution is -0.116. The molecule has 33 heavy (non-hydrogen) atoms. The van der Waals surface area contributed by atoms with Crippen molar-refractivity contribution in [3.8, 4) is 5.82 Å². The molecule has 6 rings (SSSR count). The molecule has 7 heteroatoms. The van der Waals surface area contributed by atoms with Crippen LogP contribution in [0.15, 0.2) is 61.1 Å². The zero-order valence-corrected chi connectivity index (χ0v) is 18.7. The number of nitrogens with one attached hydrogen (secondary N) is 2. The number of fused-ring (bicyclic) bond motifs is 2. The summed E-state index contributed by atoms with van der Waals surface area (Å²) in [6.45, 7) is 1.04. The molecule has 1 amide bonds. The van der Waals surface area contributed by atoms with Crippen molar-refractivity contribution in [3.63, 3.8) is 0 Å². The molecule has 1 saturated heterocycles. The molecule has 0 bridgehead atoms. The van der Waals surface area contributed by atoms with Crippen molar-refractivity contribution in [1.82, 2.24) is 24.6 Å². The summed E-state index contributed by atoms with van der Waals surface area (Å²) >= 11 is 0. The molecule has 0 radical (unpaired) electrons. The first kappa shape index (κ1) is 20.2. The van der Waals surface area contributed by atoms with Crippen molar-refractivity contribution >= 4 is 22.6 Å². The number of likely N-dealkylation sites (N-methyl/N-ethyl adjacent to an activating group) is 1. The molecule has 0 saturated carbocycles. The molecule has 1 fully saturated rings. The molecule has 1 aromatic carbocycles. The fraction of sp³-hybridized carbons (Fsp3) is 0.346. The SMILES string of the molecule is CN1C[C@H](CCC(=O)Nc2ccc(-n3cccc3)nn2)CC2c3cccc4[nH]cc(c34)C[C@H]21. The predicted molar refractivity (Wildman–Crippen MR) is 128 cm³/mol. The number of rotatable bonds is 5. The van der Waals surface area contributed by atoms with Crippen molar-refractivity contribution < 1.29 is 4.79 Å². The van der Waals surface area contributed by atoms with Crippen molar-refractivity contribution in [2.24, 2.45) is 5.92 Å². The smallest absolute Gasteiger partial charge is 0.225 e. The molecule has 0 spiro atoms. The minimum Gasteiger partial charge on any atom is -0.361 e. The first-order chi connectivity index (χ1) is 16.2. The second kappa shape index (κ2) is 8.15. The summed E-state index contributed by atoms with van der Waals surface area (Å²) in [5, 5.41) is 12.7. The normalized spacial score (nSPS) is 22.3. The number of likely N-dealkylation sites (tertiary alicyclic amines) is 1. The molecule has 1 unspecified atom stereocenters. The van der Waals surface area contributed by atoms with Crippen LogP contribution in [0.1, 0.15) is 36.3 Å². The zero-order chi connectivity index (χ0) is 22.4. The minimum absolute atomic E-state index is 0.00135. The van der Waals surface area contributed by atoms with Crippen LogP contribution >= 0.6 is 0 Å². The first-order valence-corrected chi connectivity index (χ1v) is 11.7. The van der Waals surface area contributed by atoms with E-state index in [1.165, 1.54) is 22.0 Å². The number of amides is 1. The highest BCUT2D eigenvalue weighted by molar-refractivity contribution is 5.90. The number of carbonyl (C=O) groups is 1. The maximum atomic E-state index is 12.6. The second-order valence-corrected chi connectivity index (χ2v) is 9.46. The summed E-state index contributed by atoms with van der Waals surface area (Å²) in [6.07, 6.45) is 9.62. The van der Waals surface area contributed by atoms with Crippen LogP contribution in [0, 0.1) is 5.92 Å². The largest absolute Gasteiger partial charge is 0.361 e. The third kappa shape index (κ3) is 3.72. The number of anilines is 1. The third-order valence-electron chi connectivity index (χ3n) is 7.38. The lowest BCUT2D eigenvalue weighted by atomic mass is 9.71. The lowest BCUT2D eigenvalue weighted by Crippen LogP contribution is -2.47. The summed E-state index contributed by atoms with van der Waals surface area (Å²) in [7, 11) is 2.24. The molecule has 4 aromatic rings. The fourth-order valence-electron chi connectivity index (χ4n) is 5.82. The van der Waals surface area contributed by atoms with Gasteiger partial charge in [-0.25, -0.2) is 0 Å². The van der Waals surface area contributed by atoms with Gasteiger partial charge in [-0.3, -0.25) is 4.79 Å². The van der Waals surface area contributed by atoms with Crippen molar-refractivity contribution in [1.29, 1.82) is 0 Å². The molecule has 4 heterocycles. The number of piperidine rings is 1. The number of aromatic amines is 1. The van der Waals surface area contributed by atoms with Crippen molar-refractivity contribution in [2.75, 3.05) is 18.9 Å². The van der Waals surface area contributed by atoms with E-state index in [4.69, 9.17) is 0 Å². The topological polar surface area (TPSA) is 78.8 Å². The number of nitrogens with zero attached hydrogens (tertiary/aromatic N) is 4. The predicted octanol–water partition coefficient (Wildman–Crippen LogP) is 4.13. The van der Waals surface area contributed by atoms with Gasteiger partial charge in [0.2, 0.25) is 5.91 Å². The van der Waals surface area contributed by atoms with Gasteiger partial charge in [0, 0.05) is 54.4 Å². The van der Waals surface area contributed by atoms with Gasteiger partial charge in [-0.2, -0.15) is 0 Å². The zero-order valence-electron chi connectivity index (χ0n) is 18.7. The Hall–Kier alpha value is -3.45. The Morgan fingerprint density at radius 1 is 1.15 bits per heavy atom. The molecule has 3 aromatic heterocycles. The Morgan fingerprint density at radius 3 is 2.85 bits per heavy atom. The maximum Gasteiger partial charge on any atom is 0.225 e. The Labute approximate surface area is 192 Å². The molecular weight excluding hydrogens is 412 g/mol. The van der Waals surface area contributed by atoms with E-state index in [1.54, 1.807) is 6.07 Å². The van der Waals surface area contributed by atoms with E-state index in [1.807, 2.05) is 35.2 Å². The average Bonchev–Trinajstić information content (AvgIpc) is 3.51. The Kier molecular flexibility index (Phi) is 4.99. The van der Waals surface area contributed by atoms with E-state index in [0.717, 1.165) is 31.6 Å². The monoisotopic (exact) mass is 440 g/mol. The van der Waals surface area contributed by atoms with E-state index in [2.05, 4.69) is 56.8 Å². The molecule has 1 aliphatic heterocycles. The van der Waals surface area contributed by atoms with Gasteiger partial charge in [0.1, 0.15) is 0 Å². The summed E-state index contributed by atoms with van der Waals surface area (Å²) in [5.41, 5.74) is 4.16. The van der Waals surface area contributed by atoms with Gasteiger partial charge in [0.25, 0.3) is 0 Å². The third-order valence-corrected chi connectivity index (χ3v) is 7.38. The molecule has 2 aliphatic rings. The van der Waals surface area contributed by atoms with Gasteiger partial charge < -0.3 is 19.8 Å². The lowest BCUT2D eigenvalue weighted by Gasteiger charge is -2.45. The van der Waals surface area contributed by atoms with Crippen LogP contribution in [0.2, 0.25) is 0 Å². The summed E-state index contributed by atoms with van der Waals surface area (Å²) < 4.78 is 1.88. The van der Waals surface area contributed by atoms with Crippen LogP contribution in [-0.2, 0) is 11.2 Å². The highest BCUT2D eigenvalue weighted by atomic mass is 16.1. The van der Waals surface area contributed by atoms with Gasteiger partial charge in [-0.1, -0.05) is 12.1 Å². The highest BCUT2D eigenvalue weighted by Gasteiger charge is 2.39. The molecule has 2 N–H and O–H groups in total. The minimum atomic E-state index is 0.00135. The standard InChI is InChI=1S/C26H28N6O/c1-31-16-17(13-20-19-5-4-6-21-26(19)18(15-27-21)14-22(20)31)7-10-25(33)28-23-8-9-24(30-29-23)32-11-2-3-12-32/h2-6,8-9,11-12,15,17,20,22,27H,7,10,13-14,16H2,1H3,(H,28,29,33)/t17-,20?,22-/m1/s1. The molecule has 1 aliphatic carbocycles. The van der Waals surface area contributed by atoms with Crippen LogP contribution < -0.4 is 5.32 Å². The van der Waals surface area contributed by atoms with E-state index < -0.39 is 0 Å². The number of H-pyrrole nitrogens is 1. The van der Waals surface area contributed by atoms with Crippen LogP contribution in [0.5, 0.6) is 0 Å². The Bertz CT molecular complexity index is 1280. The van der Waals surface area contributed by atoms with Crippen molar-refractivity contribution in [2.45, 2.75) is 37.6 Å². The molecule has 168 valence electrons. The van der Waals surface area contributed by atoms with Gasteiger partial charge >= 0.3 is 0 Å². The van der Waals surface area contributed by atoms with Crippen molar-refractivity contribution in [3.05, 3.63) is 72.2 Å². The van der Waals surface area contributed by atoms with Gasteiger partial charge in [0.15, 0.2) is 11.6 Å². The average molecular weight is 441 g/mol.